The number of hydrogen-bond acceptors (Lipinski definition) is 10. The Morgan fingerprint density at radius 3 is 2.64 bits per heavy atom. The fourth-order valence-electron chi connectivity index (χ4n) is 3.44. The molecule has 2 aromatic rings. The zero-order valence-corrected chi connectivity index (χ0v) is 21.0. The summed E-state index contributed by atoms with van der Waals surface area (Å²) in [6, 6.07) is 6.31. The summed E-state index contributed by atoms with van der Waals surface area (Å²) >= 11 is 0. The van der Waals surface area contributed by atoms with Gasteiger partial charge in [0.2, 0.25) is 0 Å². The molecule has 6 atom stereocenters. The van der Waals surface area contributed by atoms with Crippen LogP contribution in [0, 0.1) is 0 Å². The van der Waals surface area contributed by atoms with Gasteiger partial charge in [-0.2, -0.15) is 5.09 Å². The normalized spacial score (nSPS) is 26.8. The smallest absolute Gasteiger partial charge is 0.459 e. The second kappa shape index (κ2) is 11.1. The summed E-state index contributed by atoms with van der Waals surface area (Å²) in [7, 11) is -4.30. The number of nitrogens with one attached hydrogen (secondary N) is 2. The molecular formula is C22H30N3O10P. The molecule has 1 aliphatic rings. The number of ether oxygens (including phenoxy) is 2. The van der Waals surface area contributed by atoms with Gasteiger partial charge in [-0.1, -0.05) is 18.2 Å². The minimum atomic E-state index is -4.30. The Hall–Kier alpha value is -2.80. The highest BCUT2D eigenvalue weighted by atomic mass is 31.2. The van der Waals surface area contributed by atoms with Crippen molar-refractivity contribution in [2.75, 3.05) is 6.61 Å². The fourth-order valence-corrected chi connectivity index (χ4v) is 4.94. The van der Waals surface area contributed by atoms with Gasteiger partial charge in [-0.25, -0.2) is 9.36 Å². The van der Waals surface area contributed by atoms with Crippen LogP contribution in [0.3, 0.4) is 0 Å². The third-order valence-electron chi connectivity index (χ3n) is 5.23. The number of H-pyrrole nitrogens is 1. The number of aliphatic hydroxyl groups is 2. The first-order chi connectivity index (χ1) is 17.2. The lowest BCUT2D eigenvalue weighted by atomic mass is 9.96. The first-order valence-electron chi connectivity index (χ1n) is 11.6. The molecule has 0 amide bonds. The van der Waals surface area contributed by atoms with Crippen LogP contribution in [0.4, 0.5) is 0 Å². The lowest BCUT2D eigenvalue weighted by Gasteiger charge is -2.27. The summed E-state index contributed by atoms with van der Waals surface area (Å²) in [6.07, 6.45) is -4.07. The van der Waals surface area contributed by atoms with Crippen molar-refractivity contribution in [2.24, 2.45) is 0 Å². The van der Waals surface area contributed by atoms with E-state index in [1.165, 1.54) is 26.0 Å². The highest BCUT2D eigenvalue weighted by Gasteiger charge is 2.54. The average molecular weight is 528 g/mol. The summed E-state index contributed by atoms with van der Waals surface area (Å²) in [4.78, 5) is 38.0. The summed E-state index contributed by atoms with van der Waals surface area (Å²) in [5, 5.41) is 24.1. The Kier molecular flexibility index (Phi) is 8.08. The number of rotatable bonds is 10. The number of para-hydroxylation sites is 1. The van der Waals surface area contributed by atoms with E-state index in [9.17, 15) is 29.2 Å². The van der Waals surface area contributed by atoms with Crippen LogP contribution in [0.1, 0.15) is 35.3 Å². The summed E-state index contributed by atoms with van der Waals surface area (Å²) in [5.74, 6) is -0.553. The maximum atomic E-state index is 13.6. The number of aliphatic hydroxyl groups excluding tert-OH is 1. The molecule has 0 bridgehead atoms. The van der Waals surface area contributed by atoms with Crippen molar-refractivity contribution in [3.63, 3.8) is 0 Å². The number of nitrogens with zero attached hydrogens (tertiary/aromatic N) is 1. The number of hydrogen-bond donors (Lipinski definition) is 4. The van der Waals surface area contributed by atoms with Gasteiger partial charge in [0.15, 0.2) is 6.23 Å². The monoisotopic (exact) mass is 528 g/mol. The van der Waals surface area contributed by atoms with E-state index in [1.807, 2.05) is 4.98 Å². The van der Waals surface area contributed by atoms with Crippen LogP contribution in [0.5, 0.6) is 5.75 Å². The zero-order chi connectivity index (χ0) is 27.5. The van der Waals surface area contributed by atoms with Gasteiger partial charge in [0, 0.05) is 12.2 Å². The molecule has 0 aliphatic carbocycles. The van der Waals surface area contributed by atoms with Gasteiger partial charge in [0.25, 0.3) is 5.56 Å². The lowest BCUT2D eigenvalue weighted by Crippen LogP contribution is -2.47. The lowest BCUT2D eigenvalue weighted by molar-refractivity contribution is -0.149. The Balaban J connectivity index is 1.82. The maximum absolute atomic E-state index is 13.6. The van der Waals surface area contributed by atoms with E-state index in [0.717, 1.165) is 10.8 Å². The standard InChI is InChI=1S/C22H30N3O10P/c1-13(2)33-19(28)14(3)24-36(31,35-15-8-6-5-7-9-15)32-12-16-18(27)22(4,30)20(34-16)25-11-10-17(26)23-21(25)29/h5-11,13-14,16,18,20,27,30H,12H2,1-4H3,(H,24,31)(H,23,26,29)/t14-,16+,18+,20+,22+,36-/m0/s1/i10D. The van der Waals surface area contributed by atoms with Crippen molar-refractivity contribution in [3.8, 4) is 5.75 Å². The van der Waals surface area contributed by atoms with Crippen molar-refractivity contribution >= 4 is 13.7 Å². The van der Waals surface area contributed by atoms with Crippen molar-refractivity contribution in [1.29, 1.82) is 0 Å². The zero-order valence-electron chi connectivity index (χ0n) is 21.1. The van der Waals surface area contributed by atoms with Gasteiger partial charge in [-0.15, -0.1) is 0 Å². The van der Waals surface area contributed by atoms with Crippen LogP contribution in [-0.2, 0) is 23.4 Å². The number of carbonyl (C=O) groups excluding carboxylic acids is 1. The predicted octanol–water partition coefficient (Wildman–Crippen LogP) is 0.679. The SMILES string of the molecule is [2H]c1cn([C@@H]2O[C@H](CO[P@@](=O)(N[C@@H](C)C(=O)OC(C)C)Oc3ccccc3)[C@@H](O)[C@@]2(C)O)c(=O)[nH]c1=O. The Labute approximate surface area is 208 Å². The molecule has 0 unspecified atom stereocenters. The number of carbonyl (C=O) groups is 1. The molecule has 4 N–H and O–H groups in total. The average Bonchev–Trinajstić information content (AvgIpc) is 3.03. The predicted molar refractivity (Wildman–Crippen MR) is 126 cm³/mol. The summed E-state index contributed by atoms with van der Waals surface area (Å²) < 4.78 is 43.8. The molecule has 3 rings (SSSR count). The molecule has 1 saturated heterocycles. The van der Waals surface area contributed by atoms with E-state index in [4.69, 9.17) is 19.9 Å². The van der Waals surface area contributed by atoms with E-state index in [0.29, 0.717) is 0 Å². The summed E-state index contributed by atoms with van der Waals surface area (Å²) in [5.41, 5.74) is -3.99. The molecule has 13 nitrogen and oxygen atoms in total. The number of aromatic amines is 1. The Morgan fingerprint density at radius 1 is 1.33 bits per heavy atom. The molecule has 1 aromatic carbocycles. The highest BCUT2D eigenvalue weighted by molar-refractivity contribution is 7.52. The molecule has 0 saturated carbocycles. The largest absolute Gasteiger partial charge is 0.462 e. The van der Waals surface area contributed by atoms with Crippen molar-refractivity contribution in [1.82, 2.24) is 14.6 Å². The Morgan fingerprint density at radius 2 is 2.00 bits per heavy atom. The minimum absolute atomic E-state index is 0.156. The van der Waals surface area contributed by atoms with Crippen molar-refractivity contribution in [2.45, 2.75) is 63.9 Å². The van der Waals surface area contributed by atoms with Crippen LogP contribution in [0.2, 0.25) is 0 Å². The van der Waals surface area contributed by atoms with Gasteiger partial charge in [-0.3, -0.25) is 23.7 Å². The van der Waals surface area contributed by atoms with Gasteiger partial charge in [0.1, 0.15) is 29.6 Å². The molecule has 0 spiro atoms. The molecule has 2 heterocycles. The summed E-state index contributed by atoms with van der Waals surface area (Å²) in [6.45, 7) is 5.28. The van der Waals surface area contributed by atoms with Gasteiger partial charge in [-0.05, 0) is 39.8 Å². The van der Waals surface area contributed by atoms with Gasteiger partial charge in [0.05, 0.1) is 14.1 Å². The number of aromatic nitrogens is 2. The molecule has 14 heteroatoms. The van der Waals surface area contributed by atoms with Gasteiger partial charge >= 0.3 is 19.4 Å². The third-order valence-corrected chi connectivity index (χ3v) is 6.88. The minimum Gasteiger partial charge on any atom is -0.462 e. The van der Waals surface area contributed by atoms with E-state index < -0.39 is 73.8 Å². The fraction of sp³-hybridized carbons (Fsp3) is 0.500. The Bertz CT molecular complexity index is 1270. The number of benzene rings is 1. The van der Waals surface area contributed by atoms with Crippen molar-refractivity contribution < 1.29 is 39.5 Å². The second-order valence-electron chi connectivity index (χ2n) is 8.67. The van der Waals surface area contributed by atoms with Crippen LogP contribution < -0.4 is 20.9 Å². The molecule has 36 heavy (non-hydrogen) atoms. The number of esters is 1. The van der Waals surface area contributed by atoms with Crippen LogP contribution in [0.15, 0.2) is 52.2 Å². The van der Waals surface area contributed by atoms with Crippen LogP contribution >= 0.6 is 7.75 Å². The molecule has 0 radical (unpaired) electrons. The highest BCUT2D eigenvalue weighted by Crippen LogP contribution is 2.46. The second-order valence-corrected chi connectivity index (χ2v) is 10.4. The molecule has 1 fully saturated rings. The van der Waals surface area contributed by atoms with E-state index in [-0.39, 0.29) is 5.75 Å². The van der Waals surface area contributed by atoms with Crippen LogP contribution in [0.25, 0.3) is 0 Å². The quantitative estimate of drug-likeness (QED) is 0.252. The topological polar surface area (TPSA) is 178 Å². The first-order valence-corrected chi connectivity index (χ1v) is 12.6. The van der Waals surface area contributed by atoms with E-state index in [2.05, 4.69) is 5.09 Å². The maximum Gasteiger partial charge on any atom is 0.459 e. The van der Waals surface area contributed by atoms with Crippen LogP contribution in [-0.4, -0.2) is 62.3 Å². The molecule has 1 aliphatic heterocycles. The van der Waals surface area contributed by atoms with Gasteiger partial charge < -0.3 is 24.2 Å². The third kappa shape index (κ3) is 6.49. The molecule has 198 valence electrons. The first kappa shape index (κ1) is 26.3. The van der Waals surface area contributed by atoms with E-state index >= 15 is 0 Å². The molecule has 1 aromatic heterocycles. The molecular weight excluding hydrogens is 497 g/mol. The van der Waals surface area contributed by atoms with E-state index in [1.54, 1.807) is 32.0 Å². The van der Waals surface area contributed by atoms with Crippen molar-refractivity contribution in [3.05, 3.63) is 63.4 Å².